The molecule has 0 aliphatic heterocycles. The van der Waals surface area contributed by atoms with Gasteiger partial charge in [-0.1, -0.05) is 67.8 Å². The molecule has 0 radical (unpaired) electrons. The summed E-state index contributed by atoms with van der Waals surface area (Å²) in [5.74, 6) is -0.416. The van der Waals surface area contributed by atoms with E-state index in [2.05, 4.69) is 37.2 Å². The molecule has 5 nitrogen and oxygen atoms in total. The molecule has 0 aliphatic rings. The first-order valence-corrected chi connectivity index (χ1v) is 12.1. The van der Waals surface area contributed by atoms with Crippen molar-refractivity contribution in [3.05, 3.63) is 92.9 Å². The van der Waals surface area contributed by atoms with Crippen LogP contribution in [0.5, 0.6) is 0 Å². The second-order valence-corrected chi connectivity index (χ2v) is 10.5. The lowest BCUT2D eigenvalue weighted by atomic mass is 10.1. The van der Waals surface area contributed by atoms with Gasteiger partial charge in [-0.15, -0.1) is 0 Å². The van der Waals surface area contributed by atoms with Crippen LogP contribution in [-0.4, -0.2) is 25.2 Å². The SMILES string of the molecule is Cc1ccc(CN(CC(=O)Nc2cccc(Br)c2)S(=O)(=O)c2ccc(Br)cc2)cc1. The van der Waals surface area contributed by atoms with Crippen molar-refractivity contribution in [2.75, 3.05) is 11.9 Å². The van der Waals surface area contributed by atoms with Gasteiger partial charge in [0.05, 0.1) is 11.4 Å². The van der Waals surface area contributed by atoms with Crippen LogP contribution in [0.3, 0.4) is 0 Å². The molecule has 0 unspecified atom stereocenters. The third kappa shape index (κ3) is 6.01. The first-order valence-electron chi connectivity index (χ1n) is 9.11. The summed E-state index contributed by atoms with van der Waals surface area (Å²) >= 11 is 6.68. The molecule has 0 spiro atoms. The smallest absolute Gasteiger partial charge is 0.243 e. The van der Waals surface area contributed by atoms with E-state index in [0.29, 0.717) is 5.69 Å². The Labute approximate surface area is 193 Å². The van der Waals surface area contributed by atoms with Crippen LogP contribution in [0.4, 0.5) is 5.69 Å². The fourth-order valence-electron chi connectivity index (χ4n) is 2.81. The minimum Gasteiger partial charge on any atom is -0.325 e. The number of aryl methyl sites for hydroxylation is 1. The summed E-state index contributed by atoms with van der Waals surface area (Å²) in [5, 5.41) is 2.76. The molecule has 0 aromatic heterocycles. The molecule has 0 saturated carbocycles. The van der Waals surface area contributed by atoms with Crippen molar-refractivity contribution >= 4 is 53.5 Å². The average molecular weight is 552 g/mol. The molecule has 3 aromatic carbocycles. The maximum Gasteiger partial charge on any atom is 0.243 e. The minimum atomic E-state index is -3.88. The van der Waals surface area contributed by atoms with E-state index in [1.54, 1.807) is 30.3 Å². The zero-order valence-electron chi connectivity index (χ0n) is 16.2. The van der Waals surface area contributed by atoms with Gasteiger partial charge in [-0.2, -0.15) is 4.31 Å². The van der Waals surface area contributed by atoms with E-state index in [-0.39, 0.29) is 18.0 Å². The standard InChI is InChI=1S/C22H20Br2N2O3S/c1-16-5-7-17(8-6-16)14-26(30(28,29)21-11-9-18(23)10-12-21)15-22(27)25-20-4-2-3-19(24)13-20/h2-13H,14-15H2,1H3,(H,25,27). The van der Waals surface area contributed by atoms with Gasteiger partial charge in [0.25, 0.3) is 0 Å². The maximum absolute atomic E-state index is 13.3. The second-order valence-electron chi connectivity index (χ2n) is 6.77. The highest BCUT2D eigenvalue weighted by molar-refractivity contribution is 9.10. The van der Waals surface area contributed by atoms with Gasteiger partial charge in [-0.05, 0) is 55.0 Å². The number of amides is 1. The molecule has 3 rings (SSSR count). The minimum absolute atomic E-state index is 0.0879. The fourth-order valence-corrected chi connectivity index (χ4v) is 4.85. The van der Waals surface area contributed by atoms with Crippen molar-refractivity contribution in [2.24, 2.45) is 0 Å². The van der Waals surface area contributed by atoms with Crippen LogP contribution in [0.1, 0.15) is 11.1 Å². The predicted molar refractivity (Wildman–Crippen MR) is 126 cm³/mol. The summed E-state index contributed by atoms with van der Waals surface area (Å²) < 4.78 is 29.3. The molecule has 0 aliphatic carbocycles. The molecule has 0 bridgehead atoms. The zero-order valence-corrected chi connectivity index (χ0v) is 20.2. The highest BCUT2D eigenvalue weighted by Gasteiger charge is 2.27. The van der Waals surface area contributed by atoms with Gasteiger partial charge < -0.3 is 5.32 Å². The first kappa shape index (κ1) is 22.7. The Bertz CT molecular complexity index is 1130. The summed E-state index contributed by atoms with van der Waals surface area (Å²) in [6.45, 7) is 1.74. The number of sulfonamides is 1. The molecule has 0 fully saturated rings. The second kappa shape index (κ2) is 9.87. The summed E-state index contributed by atoms with van der Waals surface area (Å²) in [4.78, 5) is 12.8. The Morgan fingerprint density at radius 2 is 1.60 bits per heavy atom. The van der Waals surface area contributed by atoms with Gasteiger partial charge in [0.15, 0.2) is 0 Å². The van der Waals surface area contributed by atoms with Gasteiger partial charge in [0, 0.05) is 21.2 Å². The molecule has 1 amide bonds. The molecule has 3 aromatic rings. The number of rotatable bonds is 7. The van der Waals surface area contributed by atoms with E-state index in [4.69, 9.17) is 0 Å². The number of anilines is 1. The van der Waals surface area contributed by atoms with Crippen LogP contribution >= 0.6 is 31.9 Å². The molecule has 0 atom stereocenters. The quantitative estimate of drug-likeness (QED) is 0.430. The monoisotopic (exact) mass is 550 g/mol. The summed E-state index contributed by atoms with van der Waals surface area (Å²) in [6, 6.07) is 21.1. The average Bonchev–Trinajstić information content (AvgIpc) is 2.69. The van der Waals surface area contributed by atoms with Crippen LogP contribution in [0.25, 0.3) is 0 Å². The van der Waals surface area contributed by atoms with Gasteiger partial charge >= 0.3 is 0 Å². The summed E-state index contributed by atoms with van der Waals surface area (Å²) in [7, 11) is -3.88. The van der Waals surface area contributed by atoms with Gasteiger partial charge in [0.1, 0.15) is 0 Å². The summed E-state index contributed by atoms with van der Waals surface area (Å²) in [6.07, 6.45) is 0. The third-order valence-corrected chi connectivity index (χ3v) is 7.19. The molecule has 1 N–H and O–H groups in total. The van der Waals surface area contributed by atoms with Crippen molar-refractivity contribution in [3.63, 3.8) is 0 Å². The van der Waals surface area contributed by atoms with Crippen LogP contribution in [-0.2, 0) is 21.4 Å². The molecule has 0 saturated heterocycles. The van der Waals surface area contributed by atoms with Crippen LogP contribution in [0.15, 0.2) is 86.6 Å². The number of nitrogens with zero attached hydrogens (tertiary/aromatic N) is 1. The lowest BCUT2D eigenvalue weighted by Gasteiger charge is -2.22. The van der Waals surface area contributed by atoms with E-state index < -0.39 is 15.9 Å². The predicted octanol–water partition coefficient (Wildman–Crippen LogP) is 5.35. The number of benzene rings is 3. The lowest BCUT2D eigenvalue weighted by molar-refractivity contribution is -0.116. The zero-order chi connectivity index (χ0) is 21.7. The van der Waals surface area contributed by atoms with Gasteiger partial charge in [-0.3, -0.25) is 4.79 Å². The Morgan fingerprint density at radius 3 is 2.23 bits per heavy atom. The highest BCUT2D eigenvalue weighted by atomic mass is 79.9. The van der Waals surface area contributed by atoms with Crippen molar-refractivity contribution in [1.29, 1.82) is 0 Å². The number of hydrogen-bond donors (Lipinski definition) is 1. The van der Waals surface area contributed by atoms with Gasteiger partial charge in [0.2, 0.25) is 15.9 Å². The number of nitrogens with one attached hydrogen (secondary N) is 1. The molecule has 156 valence electrons. The van der Waals surface area contributed by atoms with Crippen LogP contribution < -0.4 is 5.32 Å². The summed E-state index contributed by atoms with van der Waals surface area (Å²) in [5.41, 5.74) is 2.47. The van der Waals surface area contributed by atoms with E-state index >= 15 is 0 Å². The molecule has 0 heterocycles. The lowest BCUT2D eigenvalue weighted by Crippen LogP contribution is -2.37. The number of hydrogen-bond acceptors (Lipinski definition) is 3. The first-order chi connectivity index (χ1) is 14.2. The largest absolute Gasteiger partial charge is 0.325 e. The Kier molecular flexibility index (Phi) is 7.46. The van der Waals surface area contributed by atoms with E-state index in [1.807, 2.05) is 37.3 Å². The van der Waals surface area contributed by atoms with Crippen LogP contribution in [0.2, 0.25) is 0 Å². The van der Waals surface area contributed by atoms with Crippen LogP contribution in [0, 0.1) is 6.92 Å². The topological polar surface area (TPSA) is 66.5 Å². The fraction of sp³-hybridized carbons (Fsp3) is 0.136. The highest BCUT2D eigenvalue weighted by Crippen LogP contribution is 2.22. The molecule has 8 heteroatoms. The van der Waals surface area contributed by atoms with Crippen molar-refractivity contribution in [2.45, 2.75) is 18.4 Å². The Hall–Kier alpha value is -2.00. The maximum atomic E-state index is 13.3. The molecular formula is C22H20Br2N2O3S. The van der Waals surface area contributed by atoms with E-state index in [1.165, 1.54) is 16.4 Å². The van der Waals surface area contributed by atoms with Gasteiger partial charge in [-0.25, -0.2) is 8.42 Å². The van der Waals surface area contributed by atoms with Crippen molar-refractivity contribution < 1.29 is 13.2 Å². The van der Waals surface area contributed by atoms with E-state index in [0.717, 1.165) is 20.1 Å². The number of carbonyl (C=O) groups excluding carboxylic acids is 1. The van der Waals surface area contributed by atoms with E-state index in [9.17, 15) is 13.2 Å². The van der Waals surface area contributed by atoms with Crippen molar-refractivity contribution in [1.82, 2.24) is 4.31 Å². The molecular weight excluding hydrogens is 532 g/mol. The van der Waals surface area contributed by atoms with Crippen molar-refractivity contribution in [3.8, 4) is 0 Å². The third-order valence-electron chi connectivity index (χ3n) is 4.36. The Balaban J connectivity index is 1.87. The molecule has 30 heavy (non-hydrogen) atoms. The number of carbonyl (C=O) groups is 1. The normalized spacial score (nSPS) is 11.5. The Morgan fingerprint density at radius 1 is 0.933 bits per heavy atom. The number of halogens is 2.